The van der Waals surface area contributed by atoms with Crippen LogP contribution < -0.4 is 0 Å². The largest absolute Gasteiger partial charge is 0.390 e. The third kappa shape index (κ3) is 3.18. The van der Waals surface area contributed by atoms with Crippen molar-refractivity contribution in [2.75, 3.05) is 0 Å². The predicted octanol–water partition coefficient (Wildman–Crippen LogP) is 3.65. The summed E-state index contributed by atoms with van der Waals surface area (Å²) in [4.78, 5) is 10.6. The minimum absolute atomic E-state index is 0.0115. The van der Waals surface area contributed by atoms with Gasteiger partial charge in [-0.2, -0.15) is 0 Å². The second kappa shape index (κ2) is 6.52. The van der Waals surface area contributed by atoms with E-state index in [0.29, 0.717) is 18.3 Å². The van der Waals surface area contributed by atoms with Gasteiger partial charge >= 0.3 is 0 Å². The Morgan fingerprint density at radius 3 is 2.61 bits per heavy atom. The summed E-state index contributed by atoms with van der Waals surface area (Å²) in [5.74, 6) is 0.745. The molecule has 0 aromatic carbocycles. The van der Waals surface area contributed by atoms with Gasteiger partial charge < -0.3 is 10.2 Å². The Morgan fingerprint density at radius 2 is 2.00 bits per heavy atom. The molecule has 2 rings (SSSR count). The molecule has 0 aromatic rings. The van der Waals surface area contributed by atoms with E-state index in [1.165, 1.54) is 5.57 Å². The van der Waals surface area contributed by atoms with Crippen molar-refractivity contribution in [2.24, 2.45) is 22.7 Å². The average Bonchev–Trinajstić information content (AvgIpc) is 2.44. The highest BCUT2D eigenvalue weighted by atomic mass is 16.3. The maximum absolute atomic E-state index is 10.6. The van der Waals surface area contributed by atoms with Crippen LogP contribution in [-0.4, -0.2) is 28.7 Å². The van der Waals surface area contributed by atoms with Gasteiger partial charge in [-0.05, 0) is 68.3 Å². The molecule has 1 fully saturated rings. The first-order valence-electron chi connectivity index (χ1n) is 8.78. The summed E-state index contributed by atoms with van der Waals surface area (Å²) in [7, 11) is 0. The Hall–Kier alpha value is -0.930. The number of aliphatic hydroxyl groups excluding tert-OH is 2. The van der Waals surface area contributed by atoms with Gasteiger partial charge in [-0.3, -0.25) is 4.79 Å². The van der Waals surface area contributed by atoms with E-state index in [-0.39, 0.29) is 10.8 Å². The van der Waals surface area contributed by atoms with E-state index in [9.17, 15) is 15.0 Å². The van der Waals surface area contributed by atoms with E-state index in [2.05, 4.69) is 33.8 Å². The first kappa shape index (κ1) is 18.4. The Kier molecular flexibility index (Phi) is 5.22. The number of allylic oxidation sites excluding steroid dienone is 4. The molecule has 2 N–H and O–H groups in total. The summed E-state index contributed by atoms with van der Waals surface area (Å²) in [6.07, 6.45) is 7.00. The number of hydrogen-bond acceptors (Lipinski definition) is 3. The molecule has 0 radical (unpaired) electrons. The molecule has 0 heterocycles. The molecule has 5 unspecified atom stereocenters. The zero-order valence-electron chi connectivity index (χ0n) is 15.2. The first-order valence-corrected chi connectivity index (χ1v) is 8.78. The van der Waals surface area contributed by atoms with Crippen molar-refractivity contribution in [3.8, 4) is 0 Å². The Morgan fingerprint density at radius 1 is 1.35 bits per heavy atom. The average molecular weight is 320 g/mol. The number of carbonyl (C=O) groups is 1. The quantitative estimate of drug-likeness (QED) is 0.472. The van der Waals surface area contributed by atoms with Gasteiger partial charge in [0.1, 0.15) is 6.29 Å². The molecular formula is C20H32O3. The van der Waals surface area contributed by atoms with Crippen LogP contribution in [0.1, 0.15) is 60.3 Å². The summed E-state index contributed by atoms with van der Waals surface area (Å²) < 4.78 is 0. The highest BCUT2D eigenvalue weighted by molar-refractivity contribution is 5.65. The van der Waals surface area contributed by atoms with Crippen LogP contribution in [0.3, 0.4) is 0 Å². The lowest BCUT2D eigenvalue weighted by Crippen LogP contribution is -2.59. The Balaban J connectivity index is 2.31. The zero-order valence-corrected chi connectivity index (χ0v) is 15.2. The SMILES string of the molecule is CC(=CC=O)CCC1C(C)=CCC2C(C)(C)C(O)C(O)CC12C. The molecule has 0 spiro atoms. The fourth-order valence-corrected chi connectivity index (χ4v) is 5.31. The van der Waals surface area contributed by atoms with Crippen LogP contribution in [0.15, 0.2) is 23.3 Å². The van der Waals surface area contributed by atoms with Crippen molar-refractivity contribution in [3.05, 3.63) is 23.3 Å². The molecule has 2 aliphatic carbocycles. The van der Waals surface area contributed by atoms with E-state index in [1.807, 2.05) is 6.92 Å². The first-order chi connectivity index (χ1) is 10.6. The summed E-state index contributed by atoms with van der Waals surface area (Å²) in [5.41, 5.74) is 2.19. The molecular weight excluding hydrogens is 288 g/mol. The van der Waals surface area contributed by atoms with Crippen LogP contribution in [0.2, 0.25) is 0 Å². The molecule has 130 valence electrons. The van der Waals surface area contributed by atoms with Crippen molar-refractivity contribution in [1.29, 1.82) is 0 Å². The molecule has 3 heteroatoms. The molecule has 5 atom stereocenters. The van der Waals surface area contributed by atoms with E-state index < -0.39 is 12.2 Å². The Bertz CT molecular complexity index is 517. The van der Waals surface area contributed by atoms with Gasteiger partial charge in [-0.1, -0.05) is 38.0 Å². The number of rotatable bonds is 4. The second-order valence-corrected chi connectivity index (χ2v) is 8.52. The number of carbonyl (C=O) groups excluding carboxylic acids is 1. The summed E-state index contributed by atoms with van der Waals surface area (Å²) >= 11 is 0. The molecule has 0 bridgehead atoms. The maximum atomic E-state index is 10.6. The molecule has 0 aliphatic heterocycles. The molecule has 0 aromatic heterocycles. The Labute approximate surface area is 140 Å². The third-order valence-electron chi connectivity index (χ3n) is 6.67. The third-order valence-corrected chi connectivity index (χ3v) is 6.67. The van der Waals surface area contributed by atoms with Crippen molar-refractivity contribution < 1.29 is 15.0 Å². The van der Waals surface area contributed by atoms with Crippen LogP contribution in [0.4, 0.5) is 0 Å². The minimum Gasteiger partial charge on any atom is -0.390 e. The van der Waals surface area contributed by atoms with Crippen LogP contribution in [0, 0.1) is 22.7 Å². The predicted molar refractivity (Wildman–Crippen MR) is 92.9 cm³/mol. The fourth-order valence-electron chi connectivity index (χ4n) is 5.31. The highest BCUT2D eigenvalue weighted by Gasteiger charge is 2.57. The number of aliphatic hydroxyl groups is 2. The van der Waals surface area contributed by atoms with Crippen LogP contribution in [-0.2, 0) is 4.79 Å². The number of hydrogen-bond donors (Lipinski definition) is 2. The maximum Gasteiger partial charge on any atom is 0.142 e. The van der Waals surface area contributed by atoms with Crippen molar-refractivity contribution in [3.63, 3.8) is 0 Å². The van der Waals surface area contributed by atoms with Crippen molar-refractivity contribution >= 4 is 6.29 Å². The zero-order chi connectivity index (χ0) is 17.4. The smallest absolute Gasteiger partial charge is 0.142 e. The van der Waals surface area contributed by atoms with Gasteiger partial charge in [0.2, 0.25) is 0 Å². The molecule has 0 amide bonds. The minimum atomic E-state index is -0.662. The lowest BCUT2D eigenvalue weighted by Gasteiger charge is -2.59. The fraction of sp³-hybridized carbons (Fsp3) is 0.750. The van der Waals surface area contributed by atoms with Gasteiger partial charge in [-0.25, -0.2) is 0 Å². The normalized spacial score (nSPS) is 40.3. The van der Waals surface area contributed by atoms with Gasteiger partial charge in [-0.15, -0.1) is 0 Å². The van der Waals surface area contributed by atoms with E-state index in [4.69, 9.17) is 0 Å². The molecule has 0 saturated heterocycles. The lowest BCUT2D eigenvalue weighted by molar-refractivity contribution is -0.174. The summed E-state index contributed by atoms with van der Waals surface area (Å²) in [5, 5.41) is 20.9. The second-order valence-electron chi connectivity index (χ2n) is 8.52. The van der Waals surface area contributed by atoms with Gasteiger partial charge in [0.25, 0.3) is 0 Å². The molecule has 23 heavy (non-hydrogen) atoms. The molecule has 2 aliphatic rings. The molecule has 1 saturated carbocycles. The van der Waals surface area contributed by atoms with Crippen molar-refractivity contribution in [1.82, 2.24) is 0 Å². The molecule has 3 nitrogen and oxygen atoms in total. The van der Waals surface area contributed by atoms with Gasteiger partial charge in [0.15, 0.2) is 0 Å². The van der Waals surface area contributed by atoms with Crippen LogP contribution >= 0.6 is 0 Å². The number of fused-ring (bicyclic) bond motifs is 1. The summed E-state index contributed by atoms with van der Waals surface area (Å²) in [6, 6.07) is 0. The van der Waals surface area contributed by atoms with E-state index >= 15 is 0 Å². The highest BCUT2D eigenvalue weighted by Crippen LogP contribution is 2.60. The lowest BCUT2D eigenvalue weighted by atomic mass is 9.47. The monoisotopic (exact) mass is 320 g/mol. The summed E-state index contributed by atoms with van der Waals surface area (Å²) in [6.45, 7) is 10.7. The van der Waals surface area contributed by atoms with Gasteiger partial charge in [0.05, 0.1) is 12.2 Å². The van der Waals surface area contributed by atoms with Crippen molar-refractivity contribution in [2.45, 2.75) is 72.5 Å². The standard InChI is InChI=1S/C20H32O3/c1-13(10-11-21)6-8-15-14(2)7-9-17-19(3,4)18(23)16(22)12-20(15,17)5/h7,10-11,15-18,22-23H,6,8-9,12H2,1-5H3. The van der Waals surface area contributed by atoms with E-state index in [0.717, 1.165) is 31.1 Å². The van der Waals surface area contributed by atoms with E-state index in [1.54, 1.807) is 6.08 Å². The number of aldehydes is 1. The van der Waals surface area contributed by atoms with Crippen LogP contribution in [0.5, 0.6) is 0 Å². The van der Waals surface area contributed by atoms with Gasteiger partial charge in [0, 0.05) is 0 Å². The topological polar surface area (TPSA) is 57.5 Å². The van der Waals surface area contributed by atoms with Crippen LogP contribution in [0.25, 0.3) is 0 Å².